The number of nitrogens with zero attached hydrogens (tertiary/aromatic N) is 4. The average molecular weight is 533 g/mol. The van der Waals surface area contributed by atoms with E-state index in [-0.39, 0.29) is 11.9 Å². The highest BCUT2D eigenvalue weighted by atomic mass is 32.1. The topological polar surface area (TPSA) is 142 Å². The molecule has 1 atom stereocenters. The molecule has 1 unspecified atom stereocenters. The summed E-state index contributed by atoms with van der Waals surface area (Å²) in [5.74, 6) is 1.10. The third-order valence-electron chi connectivity index (χ3n) is 7.17. The summed E-state index contributed by atoms with van der Waals surface area (Å²) < 4.78 is 5.68. The first-order valence-corrected chi connectivity index (χ1v) is 13.3. The van der Waals surface area contributed by atoms with Crippen LogP contribution < -0.4 is 26.0 Å². The number of H-pyrrole nitrogens is 1. The number of anilines is 5. The Bertz CT molecular complexity index is 1550. The number of thiophene rings is 1. The van der Waals surface area contributed by atoms with Gasteiger partial charge in [-0.3, -0.25) is 14.5 Å². The second-order valence-electron chi connectivity index (χ2n) is 9.47. The maximum absolute atomic E-state index is 13.4. The molecule has 2 amide bonds. The van der Waals surface area contributed by atoms with E-state index < -0.39 is 5.91 Å². The van der Waals surface area contributed by atoms with Crippen LogP contribution in [0.25, 0.3) is 11.0 Å². The van der Waals surface area contributed by atoms with Crippen LogP contribution in [0.1, 0.15) is 28.1 Å². The van der Waals surface area contributed by atoms with Gasteiger partial charge in [-0.25, -0.2) is 0 Å². The molecule has 0 saturated carbocycles. The molecular formula is C26H28N8O3S. The van der Waals surface area contributed by atoms with Gasteiger partial charge in [0.1, 0.15) is 22.1 Å². The van der Waals surface area contributed by atoms with Crippen molar-refractivity contribution >= 4 is 63.0 Å². The van der Waals surface area contributed by atoms with E-state index >= 15 is 0 Å². The van der Waals surface area contributed by atoms with E-state index in [1.165, 1.54) is 11.3 Å². The number of benzene rings is 1. The van der Waals surface area contributed by atoms with Crippen LogP contribution in [0.2, 0.25) is 0 Å². The Kier molecular flexibility index (Phi) is 6.12. The molecule has 11 nitrogen and oxygen atoms in total. The van der Waals surface area contributed by atoms with Crippen LogP contribution >= 0.6 is 11.3 Å². The minimum atomic E-state index is -0.508. The summed E-state index contributed by atoms with van der Waals surface area (Å²) >= 11 is 1.26. The number of rotatable bonds is 7. The number of carbonyl (C=O) groups excluding carboxylic acids is 2. The number of hydrogen-bond acceptors (Lipinski definition) is 9. The van der Waals surface area contributed by atoms with Crippen molar-refractivity contribution in [2.75, 3.05) is 42.8 Å². The highest BCUT2D eigenvalue weighted by molar-refractivity contribution is 7.12. The number of methoxy groups -OCH3 is 1. The molecule has 1 saturated heterocycles. The van der Waals surface area contributed by atoms with Crippen LogP contribution in [0.4, 0.5) is 28.8 Å². The molecule has 2 aliphatic rings. The van der Waals surface area contributed by atoms with Crippen LogP contribution in [0, 0.1) is 0 Å². The summed E-state index contributed by atoms with van der Waals surface area (Å²) in [6, 6.07) is 7.47. The van der Waals surface area contributed by atoms with Gasteiger partial charge < -0.3 is 31.0 Å². The number of likely N-dealkylation sites (N-methyl/N-ethyl adjacent to an activating group) is 1. The number of likely N-dealkylation sites (tertiary alicyclic amines) is 1. The van der Waals surface area contributed by atoms with Crippen LogP contribution in [0.5, 0.6) is 5.75 Å². The van der Waals surface area contributed by atoms with Gasteiger partial charge in [0.2, 0.25) is 11.9 Å². The summed E-state index contributed by atoms with van der Waals surface area (Å²) in [5.41, 5.74) is 9.32. The molecule has 196 valence electrons. The molecule has 38 heavy (non-hydrogen) atoms. The number of amides is 2. The van der Waals surface area contributed by atoms with Crippen molar-refractivity contribution in [3.63, 3.8) is 0 Å². The Balaban J connectivity index is 1.34. The molecule has 6 rings (SSSR count). The predicted molar refractivity (Wildman–Crippen MR) is 148 cm³/mol. The summed E-state index contributed by atoms with van der Waals surface area (Å²) in [6.07, 6.45) is 4.46. The van der Waals surface area contributed by atoms with Crippen molar-refractivity contribution in [2.24, 2.45) is 5.73 Å². The van der Waals surface area contributed by atoms with Crippen molar-refractivity contribution in [3.05, 3.63) is 46.3 Å². The lowest BCUT2D eigenvalue weighted by molar-refractivity contribution is -0.122. The number of carbonyl (C=O) groups is 2. The number of aromatic nitrogens is 3. The molecule has 0 aliphatic carbocycles. The molecular weight excluding hydrogens is 504 g/mol. The van der Waals surface area contributed by atoms with E-state index in [2.05, 4.69) is 25.5 Å². The van der Waals surface area contributed by atoms with Crippen molar-refractivity contribution in [1.29, 1.82) is 0 Å². The summed E-state index contributed by atoms with van der Waals surface area (Å²) in [7, 11) is 3.62. The monoisotopic (exact) mass is 532 g/mol. The zero-order valence-corrected chi connectivity index (χ0v) is 21.9. The summed E-state index contributed by atoms with van der Waals surface area (Å²) in [6.45, 7) is 1.58. The van der Waals surface area contributed by atoms with Crippen molar-refractivity contribution in [2.45, 2.75) is 25.3 Å². The minimum Gasteiger partial charge on any atom is -0.495 e. The first kappa shape index (κ1) is 24.2. The van der Waals surface area contributed by atoms with Crippen molar-refractivity contribution in [3.8, 4) is 5.75 Å². The Labute approximate surface area is 223 Å². The second kappa shape index (κ2) is 9.62. The van der Waals surface area contributed by atoms with Crippen LogP contribution in [0.3, 0.4) is 0 Å². The van der Waals surface area contributed by atoms with Gasteiger partial charge >= 0.3 is 0 Å². The number of primary amides is 1. The molecule has 0 bridgehead atoms. The maximum Gasteiger partial charge on any atom is 0.260 e. The van der Waals surface area contributed by atoms with Gasteiger partial charge in [-0.05, 0) is 68.1 Å². The third kappa shape index (κ3) is 4.21. The second-order valence-corrected chi connectivity index (χ2v) is 10.4. The number of nitrogens with two attached hydrogens (primary N) is 1. The van der Waals surface area contributed by atoms with E-state index in [0.29, 0.717) is 46.0 Å². The summed E-state index contributed by atoms with van der Waals surface area (Å²) in [5, 5.41) is 9.07. The molecule has 1 aromatic carbocycles. The molecule has 5 N–H and O–H groups in total. The largest absolute Gasteiger partial charge is 0.495 e. The van der Waals surface area contributed by atoms with Gasteiger partial charge in [0.25, 0.3) is 5.91 Å². The fourth-order valence-corrected chi connectivity index (χ4v) is 5.95. The maximum atomic E-state index is 13.4. The highest BCUT2D eigenvalue weighted by Gasteiger charge is 2.35. The zero-order chi connectivity index (χ0) is 26.4. The minimum absolute atomic E-state index is 0.0888. The fraction of sp³-hybridized carbons (Fsp3) is 0.308. The van der Waals surface area contributed by atoms with Crippen LogP contribution in [-0.4, -0.2) is 65.0 Å². The van der Waals surface area contributed by atoms with Gasteiger partial charge in [-0.1, -0.05) is 0 Å². The normalized spacial score (nSPS) is 17.1. The van der Waals surface area contributed by atoms with E-state index in [0.717, 1.165) is 42.4 Å². The van der Waals surface area contributed by atoms with Crippen LogP contribution in [-0.2, 0) is 11.2 Å². The fourth-order valence-electron chi connectivity index (χ4n) is 5.25. The Morgan fingerprint density at radius 1 is 1.18 bits per heavy atom. The molecule has 0 radical (unpaired) electrons. The van der Waals surface area contributed by atoms with Crippen molar-refractivity contribution < 1.29 is 14.3 Å². The molecule has 3 aromatic heterocycles. The Morgan fingerprint density at radius 2 is 2.05 bits per heavy atom. The molecule has 5 heterocycles. The van der Waals surface area contributed by atoms with Gasteiger partial charge in [-0.15, -0.1) is 11.3 Å². The number of hydrogen-bond donors (Lipinski definition) is 4. The van der Waals surface area contributed by atoms with E-state index in [4.69, 9.17) is 15.5 Å². The molecule has 1 fully saturated rings. The third-order valence-corrected chi connectivity index (χ3v) is 8.10. The Hall–Kier alpha value is -4.16. The van der Waals surface area contributed by atoms with Crippen molar-refractivity contribution in [1.82, 2.24) is 19.9 Å². The number of nitrogens with one attached hydrogen (secondary N) is 3. The van der Waals surface area contributed by atoms with Gasteiger partial charge in [0, 0.05) is 18.4 Å². The zero-order valence-electron chi connectivity index (χ0n) is 21.1. The first-order valence-electron chi connectivity index (χ1n) is 12.4. The quantitative estimate of drug-likeness (QED) is 0.283. The standard InChI is InChI=1S/C26H28N8O3S/c1-33-9-3-4-18(33)25(36)34-10-6-14-12-20(37-2)17(13-19(14)34)30-26-31-23-15(5-8-28-23)24(32-26)29-16-7-11-38-21(16)22(27)35/h5,7-8,11-13,18H,3-4,6,9-10H2,1-2H3,(H2,27,35)(H3,28,29,30,31,32). The highest BCUT2D eigenvalue weighted by Crippen LogP contribution is 2.39. The van der Waals surface area contributed by atoms with Gasteiger partial charge in [0.05, 0.1) is 29.9 Å². The smallest absolute Gasteiger partial charge is 0.260 e. The van der Waals surface area contributed by atoms with E-state index in [1.54, 1.807) is 24.8 Å². The van der Waals surface area contributed by atoms with Crippen LogP contribution in [0.15, 0.2) is 35.8 Å². The SMILES string of the molecule is COc1cc2c(cc1Nc1nc(Nc3ccsc3C(N)=O)c3cc[nH]c3n1)N(C(=O)C1CCCN1C)CC2. The molecule has 4 aromatic rings. The number of aromatic amines is 1. The Morgan fingerprint density at radius 3 is 2.82 bits per heavy atom. The molecule has 0 spiro atoms. The average Bonchev–Trinajstić information content (AvgIpc) is 3.70. The van der Waals surface area contributed by atoms with E-state index in [1.807, 2.05) is 30.1 Å². The van der Waals surface area contributed by atoms with Gasteiger partial charge in [-0.2, -0.15) is 9.97 Å². The van der Waals surface area contributed by atoms with Gasteiger partial charge in [0.15, 0.2) is 0 Å². The predicted octanol–water partition coefficient (Wildman–Crippen LogP) is 3.60. The van der Waals surface area contributed by atoms with E-state index in [9.17, 15) is 9.59 Å². The lowest BCUT2D eigenvalue weighted by atomic mass is 10.1. The first-order chi connectivity index (χ1) is 18.4. The lowest BCUT2D eigenvalue weighted by Gasteiger charge is -2.26. The lowest BCUT2D eigenvalue weighted by Crippen LogP contribution is -2.43. The number of ether oxygens (including phenoxy) is 1. The summed E-state index contributed by atoms with van der Waals surface area (Å²) in [4.78, 5) is 42.1. The molecule has 2 aliphatic heterocycles. The number of fused-ring (bicyclic) bond motifs is 2. The molecule has 12 heteroatoms.